The number of carbonyl (C=O) groups is 1. The molecule has 0 aliphatic carbocycles. The molecule has 1 amide bonds. The average molecular weight is 351 g/mol. The van der Waals surface area contributed by atoms with E-state index in [-0.39, 0.29) is 5.91 Å². The Morgan fingerprint density at radius 3 is 2.46 bits per heavy atom. The van der Waals surface area contributed by atoms with E-state index in [1.54, 1.807) is 0 Å². The van der Waals surface area contributed by atoms with Crippen molar-refractivity contribution < 1.29 is 4.79 Å². The van der Waals surface area contributed by atoms with Crippen molar-refractivity contribution in [1.29, 1.82) is 0 Å². The molecule has 2 aromatic rings. The summed E-state index contributed by atoms with van der Waals surface area (Å²) in [7, 11) is 0. The van der Waals surface area contributed by atoms with Gasteiger partial charge in [-0.2, -0.15) is 0 Å². The van der Waals surface area contributed by atoms with E-state index in [1.165, 1.54) is 24.0 Å². The first kappa shape index (κ1) is 18.7. The van der Waals surface area contributed by atoms with Gasteiger partial charge in [-0.1, -0.05) is 50.2 Å². The average Bonchev–Trinajstić information content (AvgIpc) is 3.15. The second kappa shape index (κ2) is 9.00. The van der Waals surface area contributed by atoms with Crippen LogP contribution in [0.4, 0.5) is 0 Å². The molecule has 1 aliphatic heterocycles. The number of carbonyl (C=O) groups excluding carboxylic acids is 1. The molecule has 2 aromatic carbocycles. The van der Waals surface area contributed by atoms with Gasteiger partial charge < -0.3 is 10.2 Å². The highest BCUT2D eigenvalue weighted by Crippen LogP contribution is 2.23. The van der Waals surface area contributed by atoms with Crippen molar-refractivity contribution >= 4 is 5.91 Å². The first-order valence-electron chi connectivity index (χ1n) is 9.82. The van der Waals surface area contributed by atoms with E-state index in [1.807, 2.05) is 18.2 Å². The molecule has 0 radical (unpaired) electrons. The Balaban J connectivity index is 1.64. The molecule has 0 aromatic heterocycles. The van der Waals surface area contributed by atoms with Crippen LogP contribution in [0.25, 0.3) is 11.1 Å². The molecule has 0 spiro atoms. The first-order valence-corrected chi connectivity index (χ1v) is 9.82. The standard InChI is InChI=1S/C23H30N2O/c1-18(2)15-19-7-5-8-20(16-19)21-9-6-10-22(17-21)23(26)24-11-14-25-12-3-4-13-25/h5-10,16-18H,3-4,11-15H2,1-2H3,(H,24,26). The van der Waals surface area contributed by atoms with Gasteiger partial charge in [0.15, 0.2) is 0 Å². The highest BCUT2D eigenvalue weighted by Gasteiger charge is 2.12. The van der Waals surface area contributed by atoms with Crippen LogP contribution in [-0.4, -0.2) is 37.0 Å². The maximum atomic E-state index is 12.5. The summed E-state index contributed by atoms with van der Waals surface area (Å²) in [5.74, 6) is 0.655. The van der Waals surface area contributed by atoms with Gasteiger partial charge in [0.1, 0.15) is 0 Å². The van der Waals surface area contributed by atoms with Crippen LogP contribution >= 0.6 is 0 Å². The van der Waals surface area contributed by atoms with Crippen LogP contribution in [0, 0.1) is 5.92 Å². The summed E-state index contributed by atoms with van der Waals surface area (Å²) < 4.78 is 0. The number of nitrogens with zero attached hydrogens (tertiary/aromatic N) is 1. The molecule has 3 heteroatoms. The molecule has 1 saturated heterocycles. The number of benzene rings is 2. The Hall–Kier alpha value is -2.13. The van der Waals surface area contributed by atoms with E-state index in [9.17, 15) is 4.79 Å². The zero-order valence-electron chi connectivity index (χ0n) is 16.0. The molecule has 26 heavy (non-hydrogen) atoms. The molecule has 1 fully saturated rings. The van der Waals surface area contributed by atoms with Gasteiger partial charge in [0.25, 0.3) is 5.91 Å². The normalized spacial score (nSPS) is 14.7. The number of likely N-dealkylation sites (tertiary alicyclic amines) is 1. The number of amides is 1. The Morgan fingerprint density at radius 2 is 1.73 bits per heavy atom. The number of hydrogen-bond donors (Lipinski definition) is 1. The predicted molar refractivity (Wildman–Crippen MR) is 108 cm³/mol. The second-order valence-electron chi connectivity index (χ2n) is 7.68. The van der Waals surface area contributed by atoms with E-state index in [2.05, 4.69) is 54.4 Å². The fourth-order valence-electron chi connectivity index (χ4n) is 3.63. The summed E-state index contributed by atoms with van der Waals surface area (Å²) in [4.78, 5) is 14.9. The van der Waals surface area contributed by atoms with E-state index < -0.39 is 0 Å². The van der Waals surface area contributed by atoms with Gasteiger partial charge in [-0.3, -0.25) is 4.79 Å². The van der Waals surface area contributed by atoms with E-state index in [0.717, 1.165) is 37.2 Å². The first-order chi connectivity index (χ1) is 12.6. The van der Waals surface area contributed by atoms with Crippen LogP contribution < -0.4 is 5.32 Å². The smallest absolute Gasteiger partial charge is 0.251 e. The van der Waals surface area contributed by atoms with E-state index >= 15 is 0 Å². The minimum atomic E-state index is 0.0179. The lowest BCUT2D eigenvalue weighted by Crippen LogP contribution is -2.33. The van der Waals surface area contributed by atoms with Crippen molar-refractivity contribution in [1.82, 2.24) is 10.2 Å². The van der Waals surface area contributed by atoms with Crippen LogP contribution in [0.15, 0.2) is 48.5 Å². The summed E-state index contributed by atoms with van der Waals surface area (Å²) in [5, 5.41) is 3.06. The van der Waals surface area contributed by atoms with Crippen molar-refractivity contribution in [3.8, 4) is 11.1 Å². The molecule has 3 rings (SSSR count). The molecular weight excluding hydrogens is 320 g/mol. The van der Waals surface area contributed by atoms with Gasteiger partial charge in [-0.05, 0) is 67.1 Å². The Labute approximate surface area is 157 Å². The van der Waals surface area contributed by atoms with Gasteiger partial charge >= 0.3 is 0 Å². The molecule has 0 atom stereocenters. The van der Waals surface area contributed by atoms with Crippen molar-refractivity contribution in [2.75, 3.05) is 26.2 Å². The second-order valence-corrected chi connectivity index (χ2v) is 7.68. The molecule has 1 heterocycles. The molecule has 1 N–H and O–H groups in total. The third kappa shape index (κ3) is 5.18. The minimum absolute atomic E-state index is 0.0179. The third-order valence-corrected chi connectivity index (χ3v) is 4.94. The summed E-state index contributed by atoms with van der Waals surface area (Å²) >= 11 is 0. The van der Waals surface area contributed by atoms with Crippen LogP contribution in [0.3, 0.4) is 0 Å². The third-order valence-electron chi connectivity index (χ3n) is 4.94. The van der Waals surface area contributed by atoms with Crippen molar-refractivity contribution in [2.45, 2.75) is 33.1 Å². The van der Waals surface area contributed by atoms with E-state index in [0.29, 0.717) is 12.5 Å². The molecule has 3 nitrogen and oxygen atoms in total. The zero-order valence-corrected chi connectivity index (χ0v) is 16.0. The predicted octanol–water partition coefficient (Wildman–Crippen LogP) is 4.38. The van der Waals surface area contributed by atoms with Gasteiger partial charge in [0.2, 0.25) is 0 Å². The largest absolute Gasteiger partial charge is 0.351 e. The Kier molecular flexibility index (Phi) is 6.45. The van der Waals surface area contributed by atoms with Crippen LogP contribution in [-0.2, 0) is 6.42 Å². The van der Waals surface area contributed by atoms with Gasteiger partial charge in [-0.15, -0.1) is 0 Å². The zero-order chi connectivity index (χ0) is 18.4. The molecular formula is C23H30N2O. The highest BCUT2D eigenvalue weighted by molar-refractivity contribution is 5.95. The summed E-state index contributed by atoms with van der Waals surface area (Å²) in [6.45, 7) is 8.46. The molecule has 138 valence electrons. The molecule has 1 aliphatic rings. The lowest BCUT2D eigenvalue weighted by Gasteiger charge is -2.15. The fourth-order valence-corrected chi connectivity index (χ4v) is 3.63. The number of rotatable bonds is 7. The maximum Gasteiger partial charge on any atom is 0.251 e. The van der Waals surface area contributed by atoms with Crippen molar-refractivity contribution in [2.24, 2.45) is 5.92 Å². The maximum absolute atomic E-state index is 12.5. The molecule has 0 bridgehead atoms. The van der Waals surface area contributed by atoms with Crippen LogP contribution in [0.1, 0.15) is 42.6 Å². The van der Waals surface area contributed by atoms with Gasteiger partial charge in [0, 0.05) is 18.7 Å². The van der Waals surface area contributed by atoms with Crippen LogP contribution in [0.5, 0.6) is 0 Å². The highest BCUT2D eigenvalue weighted by atomic mass is 16.1. The SMILES string of the molecule is CC(C)Cc1cccc(-c2cccc(C(=O)NCCN3CCCC3)c2)c1. The summed E-state index contributed by atoms with van der Waals surface area (Å²) in [5.41, 5.74) is 4.36. The topological polar surface area (TPSA) is 32.3 Å². The number of hydrogen-bond acceptors (Lipinski definition) is 2. The molecule has 0 saturated carbocycles. The minimum Gasteiger partial charge on any atom is -0.351 e. The lowest BCUT2D eigenvalue weighted by molar-refractivity contribution is 0.0950. The van der Waals surface area contributed by atoms with Gasteiger partial charge in [0.05, 0.1) is 0 Å². The Morgan fingerprint density at radius 1 is 1.04 bits per heavy atom. The van der Waals surface area contributed by atoms with Crippen molar-refractivity contribution in [3.05, 3.63) is 59.7 Å². The summed E-state index contributed by atoms with van der Waals surface area (Å²) in [6.07, 6.45) is 3.64. The fraction of sp³-hybridized carbons (Fsp3) is 0.435. The number of nitrogens with one attached hydrogen (secondary N) is 1. The summed E-state index contributed by atoms with van der Waals surface area (Å²) in [6, 6.07) is 16.6. The van der Waals surface area contributed by atoms with E-state index in [4.69, 9.17) is 0 Å². The quantitative estimate of drug-likeness (QED) is 0.804. The van der Waals surface area contributed by atoms with Gasteiger partial charge in [-0.25, -0.2) is 0 Å². The molecule has 0 unspecified atom stereocenters. The lowest BCUT2D eigenvalue weighted by atomic mass is 9.97. The van der Waals surface area contributed by atoms with Crippen molar-refractivity contribution in [3.63, 3.8) is 0 Å². The Bertz CT molecular complexity index is 732. The van der Waals surface area contributed by atoms with Crippen LogP contribution in [0.2, 0.25) is 0 Å². The monoisotopic (exact) mass is 350 g/mol.